The lowest BCUT2D eigenvalue weighted by molar-refractivity contribution is 0.140. The third kappa shape index (κ3) is 4.15. The molecule has 0 bridgehead atoms. The van der Waals surface area contributed by atoms with E-state index >= 15 is 0 Å². The normalized spacial score (nSPS) is 17.1. The zero-order valence-electron chi connectivity index (χ0n) is 13.1. The highest BCUT2D eigenvalue weighted by atomic mass is 32.1. The molecule has 116 valence electrons. The third-order valence-electron chi connectivity index (χ3n) is 4.22. The van der Waals surface area contributed by atoms with Crippen LogP contribution in [0.1, 0.15) is 24.0 Å². The molecule has 1 fully saturated rings. The van der Waals surface area contributed by atoms with E-state index in [4.69, 9.17) is 22.7 Å². The fourth-order valence-corrected chi connectivity index (χ4v) is 3.06. The Morgan fingerprint density at radius 1 is 1.38 bits per heavy atom. The van der Waals surface area contributed by atoms with Crippen LogP contribution in [0.3, 0.4) is 0 Å². The Balaban J connectivity index is 1.99. The van der Waals surface area contributed by atoms with Crippen LogP contribution in [0.4, 0.5) is 0 Å². The van der Waals surface area contributed by atoms with Gasteiger partial charge in [0.2, 0.25) is 0 Å². The predicted molar refractivity (Wildman–Crippen MR) is 90.9 cm³/mol. The van der Waals surface area contributed by atoms with Crippen molar-refractivity contribution in [2.45, 2.75) is 25.4 Å². The number of nitrogens with zero attached hydrogens (tertiary/aromatic N) is 2. The molecule has 0 saturated carbocycles. The Labute approximate surface area is 132 Å². The molecule has 0 aliphatic carbocycles. The molecule has 5 heteroatoms. The number of likely N-dealkylation sites (tertiary alicyclic amines) is 1. The van der Waals surface area contributed by atoms with Crippen LogP contribution in [0, 0.1) is 0 Å². The predicted octanol–water partition coefficient (Wildman–Crippen LogP) is 1.86. The van der Waals surface area contributed by atoms with Crippen molar-refractivity contribution < 1.29 is 4.74 Å². The number of hydrogen-bond donors (Lipinski definition) is 1. The summed E-state index contributed by atoms with van der Waals surface area (Å²) in [5.74, 6) is 0.767. The summed E-state index contributed by atoms with van der Waals surface area (Å²) in [6, 6.07) is 6.82. The smallest absolute Gasteiger partial charge is 0.129 e. The number of rotatable bonds is 5. The standard InChI is InChI=1S/C16H25N3OS/c1-18(2)13-6-8-19(9-7-13)11-12-4-5-14(16(17)21)15(10-12)20-3/h4-5,10,13H,6-9,11H2,1-3H3,(H2,17,21). The molecule has 1 aromatic rings. The van der Waals surface area contributed by atoms with E-state index in [0.29, 0.717) is 11.0 Å². The van der Waals surface area contributed by atoms with Crippen LogP contribution in [0.15, 0.2) is 18.2 Å². The minimum absolute atomic E-state index is 0.380. The summed E-state index contributed by atoms with van der Waals surface area (Å²) < 4.78 is 5.39. The van der Waals surface area contributed by atoms with Crippen molar-refractivity contribution in [1.82, 2.24) is 9.80 Å². The Kier molecular flexibility index (Phi) is 5.56. The van der Waals surface area contributed by atoms with E-state index in [9.17, 15) is 0 Å². The molecule has 21 heavy (non-hydrogen) atoms. The quantitative estimate of drug-likeness (QED) is 0.841. The van der Waals surface area contributed by atoms with Crippen LogP contribution < -0.4 is 10.5 Å². The van der Waals surface area contributed by atoms with Crippen LogP contribution in [0.25, 0.3) is 0 Å². The number of hydrogen-bond acceptors (Lipinski definition) is 4. The van der Waals surface area contributed by atoms with Gasteiger partial charge in [0.1, 0.15) is 10.7 Å². The minimum Gasteiger partial charge on any atom is -0.496 e. The Morgan fingerprint density at radius 2 is 2.05 bits per heavy atom. The van der Waals surface area contributed by atoms with Gasteiger partial charge in [0.15, 0.2) is 0 Å². The molecule has 2 N–H and O–H groups in total. The van der Waals surface area contributed by atoms with Crippen molar-refractivity contribution in [1.29, 1.82) is 0 Å². The second-order valence-corrected chi connectivity index (χ2v) is 6.31. The molecule has 1 saturated heterocycles. The zero-order chi connectivity index (χ0) is 15.4. The first kappa shape index (κ1) is 16.2. The lowest BCUT2D eigenvalue weighted by Crippen LogP contribution is -2.41. The van der Waals surface area contributed by atoms with Gasteiger partial charge in [0.05, 0.1) is 12.7 Å². The Morgan fingerprint density at radius 3 is 2.57 bits per heavy atom. The molecule has 0 atom stereocenters. The first-order chi connectivity index (χ1) is 10.0. The van der Waals surface area contributed by atoms with Crippen molar-refractivity contribution >= 4 is 17.2 Å². The maximum Gasteiger partial charge on any atom is 0.129 e. The average molecular weight is 307 g/mol. The highest BCUT2D eigenvalue weighted by Gasteiger charge is 2.20. The summed E-state index contributed by atoms with van der Waals surface area (Å²) >= 11 is 5.04. The summed E-state index contributed by atoms with van der Waals surface area (Å²) in [5, 5.41) is 0. The van der Waals surface area contributed by atoms with Crippen LogP contribution in [0.5, 0.6) is 5.75 Å². The van der Waals surface area contributed by atoms with Gasteiger partial charge in [-0.15, -0.1) is 0 Å². The van der Waals surface area contributed by atoms with Gasteiger partial charge in [0.25, 0.3) is 0 Å². The number of nitrogens with two attached hydrogens (primary N) is 1. The van der Waals surface area contributed by atoms with Gasteiger partial charge in [0, 0.05) is 12.6 Å². The topological polar surface area (TPSA) is 41.7 Å². The average Bonchev–Trinajstić information content (AvgIpc) is 2.47. The number of ether oxygens (including phenoxy) is 1. The summed E-state index contributed by atoms with van der Waals surface area (Å²) in [7, 11) is 5.99. The Bertz CT molecular complexity index is 496. The van der Waals surface area contributed by atoms with Gasteiger partial charge in [-0.2, -0.15) is 0 Å². The summed E-state index contributed by atoms with van der Waals surface area (Å²) in [6.45, 7) is 3.23. The molecule has 4 nitrogen and oxygen atoms in total. The van der Waals surface area contributed by atoms with E-state index in [1.165, 1.54) is 18.4 Å². The largest absolute Gasteiger partial charge is 0.496 e. The van der Waals surface area contributed by atoms with E-state index in [1.54, 1.807) is 7.11 Å². The Hall–Kier alpha value is -1.17. The van der Waals surface area contributed by atoms with Crippen LogP contribution >= 0.6 is 12.2 Å². The van der Waals surface area contributed by atoms with Crippen molar-refractivity contribution in [3.05, 3.63) is 29.3 Å². The molecule has 1 aromatic carbocycles. The SMILES string of the molecule is COc1cc(CN2CCC(N(C)C)CC2)ccc1C(N)=S. The van der Waals surface area contributed by atoms with Crippen molar-refractivity contribution in [2.75, 3.05) is 34.3 Å². The third-order valence-corrected chi connectivity index (χ3v) is 4.44. The fourth-order valence-electron chi connectivity index (χ4n) is 2.89. The first-order valence-electron chi connectivity index (χ1n) is 7.36. The van der Waals surface area contributed by atoms with E-state index in [0.717, 1.165) is 30.9 Å². The number of methoxy groups -OCH3 is 1. The zero-order valence-corrected chi connectivity index (χ0v) is 13.9. The summed E-state index contributed by atoms with van der Waals surface area (Å²) in [5.41, 5.74) is 7.76. The highest BCUT2D eigenvalue weighted by molar-refractivity contribution is 7.80. The first-order valence-corrected chi connectivity index (χ1v) is 7.77. The van der Waals surface area contributed by atoms with E-state index in [2.05, 4.69) is 30.0 Å². The van der Waals surface area contributed by atoms with Crippen molar-refractivity contribution in [3.8, 4) is 5.75 Å². The molecule has 1 heterocycles. The molecular formula is C16H25N3OS. The highest BCUT2D eigenvalue weighted by Crippen LogP contribution is 2.22. The van der Waals surface area contributed by atoms with Crippen molar-refractivity contribution in [2.24, 2.45) is 5.73 Å². The molecule has 0 amide bonds. The molecule has 0 unspecified atom stereocenters. The van der Waals surface area contributed by atoms with E-state index in [-0.39, 0.29) is 0 Å². The number of thiocarbonyl (C=S) groups is 1. The van der Waals surface area contributed by atoms with Gasteiger partial charge in [-0.25, -0.2) is 0 Å². The molecule has 1 aliphatic rings. The fraction of sp³-hybridized carbons (Fsp3) is 0.562. The van der Waals surface area contributed by atoms with Gasteiger partial charge >= 0.3 is 0 Å². The van der Waals surface area contributed by atoms with Gasteiger partial charge in [-0.1, -0.05) is 18.3 Å². The summed E-state index contributed by atoms with van der Waals surface area (Å²) in [4.78, 5) is 5.21. The maximum atomic E-state index is 5.70. The molecule has 2 rings (SSSR count). The van der Waals surface area contributed by atoms with Crippen molar-refractivity contribution in [3.63, 3.8) is 0 Å². The lowest BCUT2D eigenvalue weighted by Gasteiger charge is -2.35. The van der Waals surface area contributed by atoms with Gasteiger partial charge < -0.3 is 15.4 Å². The van der Waals surface area contributed by atoms with Crippen LogP contribution in [-0.2, 0) is 6.54 Å². The molecule has 0 radical (unpaired) electrons. The monoisotopic (exact) mass is 307 g/mol. The number of benzene rings is 1. The second kappa shape index (κ2) is 7.20. The molecule has 0 aromatic heterocycles. The van der Waals surface area contributed by atoms with E-state index < -0.39 is 0 Å². The maximum absolute atomic E-state index is 5.70. The number of piperidine rings is 1. The molecule has 1 aliphatic heterocycles. The lowest BCUT2D eigenvalue weighted by atomic mass is 10.0. The second-order valence-electron chi connectivity index (χ2n) is 5.87. The van der Waals surface area contributed by atoms with Gasteiger partial charge in [-0.05, 0) is 57.7 Å². The summed E-state index contributed by atoms with van der Waals surface area (Å²) in [6.07, 6.45) is 2.46. The molecular weight excluding hydrogens is 282 g/mol. The minimum atomic E-state index is 0.380. The van der Waals surface area contributed by atoms with E-state index in [1.807, 2.05) is 12.1 Å². The molecule has 0 spiro atoms. The van der Waals surface area contributed by atoms with Crippen LogP contribution in [0.2, 0.25) is 0 Å². The van der Waals surface area contributed by atoms with Crippen LogP contribution in [-0.4, -0.2) is 55.1 Å². The van der Waals surface area contributed by atoms with Gasteiger partial charge in [-0.3, -0.25) is 4.90 Å².